The molecule has 0 fully saturated rings. The van der Waals surface area contributed by atoms with E-state index in [0.29, 0.717) is 33.8 Å². The summed E-state index contributed by atoms with van der Waals surface area (Å²) in [5, 5.41) is 21.1. The number of halogens is 2. The average Bonchev–Trinajstić information content (AvgIpc) is 2.85. The van der Waals surface area contributed by atoms with Gasteiger partial charge in [0.05, 0.1) is 46.6 Å². The molecule has 1 heterocycles. The number of aromatic nitrogens is 1. The van der Waals surface area contributed by atoms with Crippen LogP contribution in [0.1, 0.15) is 38.2 Å². The number of carboxylic acid groups (broad SMARTS) is 2. The van der Waals surface area contributed by atoms with Gasteiger partial charge in [-0.2, -0.15) is 0 Å². The fourth-order valence-electron chi connectivity index (χ4n) is 3.43. The van der Waals surface area contributed by atoms with Crippen molar-refractivity contribution in [1.29, 1.82) is 0 Å². The summed E-state index contributed by atoms with van der Waals surface area (Å²) in [6.07, 6.45) is 3.12. The van der Waals surface area contributed by atoms with Gasteiger partial charge in [0.25, 0.3) is 0 Å². The summed E-state index contributed by atoms with van der Waals surface area (Å²) < 4.78 is 11.9. The van der Waals surface area contributed by atoms with Crippen molar-refractivity contribution in [2.45, 2.75) is 45.6 Å². The van der Waals surface area contributed by atoms with Gasteiger partial charge in [0.1, 0.15) is 5.75 Å². The third kappa shape index (κ3) is 8.96. The second kappa shape index (κ2) is 14.5. The Morgan fingerprint density at radius 3 is 2.35 bits per heavy atom. The molecule has 0 bridgehead atoms. The number of carbonyl (C=O) groups is 2. The highest BCUT2D eigenvalue weighted by Crippen LogP contribution is 2.44. The van der Waals surface area contributed by atoms with Crippen molar-refractivity contribution in [1.82, 2.24) is 4.98 Å². The summed E-state index contributed by atoms with van der Waals surface area (Å²) in [4.78, 5) is 23.9. The zero-order chi connectivity index (χ0) is 27.5. The maximum Gasteiger partial charge on any atom is 0.303 e. The highest BCUT2D eigenvalue weighted by Gasteiger charge is 2.19. The molecule has 0 aliphatic rings. The zero-order valence-electron chi connectivity index (χ0n) is 20.9. The molecule has 0 amide bonds. The van der Waals surface area contributed by atoms with Gasteiger partial charge < -0.3 is 30.7 Å². The molecular weight excluding hydrogens is 521 g/mol. The Hall–Kier alpha value is -3.27. The molecule has 9 nitrogen and oxygen atoms in total. The molecule has 3 rings (SSSR count). The number of anilines is 1. The predicted molar refractivity (Wildman–Crippen MR) is 145 cm³/mol. The van der Waals surface area contributed by atoms with Crippen LogP contribution < -0.4 is 20.5 Å². The van der Waals surface area contributed by atoms with E-state index in [0.717, 1.165) is 35.0 Å². The Balaban J connectivity index is 0.000000521. The second-order valence-electron chi connectivity index (χ2n) is 8.25. The molecule has 0 spiro atoms. The van der Waals surface area contributed by atoms with Gasteiger partial charge in [-0.1, -0.05) is 23.2 Å². The number of rotatable bonds is 11. The van der Waals surface area contributed by atoms with Gasteiger partial charge in [-0.15, -0.1) is 0 Å². The van der Waals surface area contributed by atoms with E-state index in [2.05, 4.69) is 17.2 Å². The number of nitrogens with one attached hydrogen (secondary N) is 1. The molecule has 3 aromatic rings. The van der Waals surface area contributed by atoms with Crippen LogP contribution in [0.4, 0.5) is 5.69 Å². The zero-order valence-corrected chi connectivity index (χ0v) is 22.4. The van der Waals surface area contributed by atoms with Gasteiger partial charge in [-0.3, -0.25) is 14.6 Å². The number of hydrogen-bond donors (Lipinski definition) is 4. The number of aryl methyl sites for hydroxylation is 1. The van der Waals surface area contributed by atoms with Crippen LogP contribution in [-0.2, 0) is 9.59 Å². The fraction of sp³-hybridized carbons (Fsp3) is 0.346. The minimum absolute atomic E-state index is 0.246. The lowest BCUT2D eigenvalue weighted by Crippen LogP contribution is -2.17. The minimum Gasteiger partial charge on any atom is -0.493 e. The first-order valence-electron chi connectivity index (χ1n) is 11.6. The molecule has 200 valence electrons. The van der Waals surface area contributed by atoms with Gasteiger partial charge >= 0.3 is 11.9 Å². The molecular formula is C26H31Cl2N3O6. The van der Waals surface area contributed by atoms with Crippen LogP contribution in [0.5, 0.6) is 17.2 Å². The molecule has 0 saturated heterocycles. The van der Waals surface area contributed by atoms with Crippen LogP contribution in [0.15, 0.2) is 36.5 Å². The SMILES string of the molecule is COc1cc(NC(C)CCCN)c2nccc(C)c2c1Oc1ccc(Cl)c(Cl)c1.O=C(O)CCC(=O)O. The lowest BCUT2D eigenvalue weighted by molar-refractivity contribution is -0.143. The van der Waals surface area contributed by atoms with Gasteiger partial charge in [-0.05, 0) is 57.0 Å². The number of nitrogens with two attached hydrogens (primary N) is 1. The van der Waals surface area contributed by atoms with Crippen molar-refractivity contribution in [2.75, 3.05) is 19.0 Å². The summed E-state index contributed by atoms with van der Waals surface area (Å²) in [7, 11) is 1.62. The average molecular weight is 552 g/mol. The number of hydrogen-bond acceptors (Lipinski definition) is 7. The van der Waals surface area contributed by atoms with Crippen LogP contribution in [-0.4, -0.2) is 46.8 Å². The molecule has 37 heavy (non-hydrogen) atoms. The summed E-state index contributed by atoms with van der Waals surface area (Å²) >= 11 is 12.2. The maximum atomic E-state index is 9.64. The van der Waals surface area contributed by atoms with E-state index in [4.69, 9.17) is 48.6 Å². The first-order valence-corrected chi connectivity index (χ1v) is 12.3. The second-order valence-corrected chi connectivity index (χ2v) is 9.06. The van der Waals surface area contributed by atoms with E-state index < -0.39 is 11.9 Å². The maximum absolute atomic E-state index is 9.64. The van der Waals surface area contributed by atoms with E-state index >= 15 is 0 Å². The molecule has 0 aliphatic carbocycles. The van der Waals surface area contributed by atoms with E-state index in [1.54, 1.807) is 31.5 Å². The molecule has 1 atom stereocenters. The van der Waals surface area contributed by atoms with Crippen molar-refractivity contribution in [3.05, 3.63) is 52.1 Å². The number of fused-ring (bicyclic) bond motifs is 1. The van der Waals surface area contributed by atoms with Gasteiger partial charge in [0.15, 0.2) is 11.5 Å². The lowest BCUT2D eigenvalue weighted by Gasteiger charge is -2.20. The Labute approximate surface area is 225 Å². The quantitative estimate of drug-likeness (QED) is 0.221. The smallest absolute Gasteiger partial charge is 0.303 e. The van der Waals surface area contributed by atoms with Crippen LogP contribution in [0.2, 0.25) is 10.0 Å². The molecule has 11 heteroatoms. The molecule has 2 aromatic carbocycles. The van der Waals surface area contributed by atoms with E-state index in [1.165, 1.54) is 0 Å². The Morgan fingerprint density at radius 2 is 1.78 bits per heavy atom. The Morgan fingerprint density at radius 1 is 1.11 bits per heavy atom. The fourth-order valence-corrected chi connectivity index (χ4v) is 3.72. The van der Waals surface area contributed by atoms with Crippen molar-refractivity contribution in [2.24, 2.45) is 5.73 Å². The largest absolute Gasteiger partial charge is 0.493 e. The predicted octanol–water partition coefficient (Wildman–Crippen LogP) is 6.13. The third-order valence-electron chi connectivity index (χ3n) is 5.27. The third-order valence-corrected chi connectivity index (χ3v) is 6.01. The van der Waals surface area contributed by atoms with Gasteiger partial charge in [0.2, 0.25) is 0 Å². The highest BCUT2D eigenvalue weighted by atomic mass is 35.5. The number of nitrogens with zero attached hydrogens (tertiary/aromatic N) is 1. The van der Waals surface area contributed by atoms with Crippen LogP contribution in [0.3, 0.4) is 0 Å². The van der Waals surface area contributed by atoms with E-state index in [9.17, 15) is 9.59 Å². The molecule has 0 aliphatic heterocycles. The molecule has 1 aromatic heterocycles. The van der Waals surface area contributed by atoms with E-state index in [1.807, 2.05) is 19.1 Å². The monoisotopic (exact) mass is 551 g/mol. The standard InChI is InChI=1S/C22H25Cl2N3O2.C4H6O4/c1-13-8-10-26-21-18(27-14(2)5-4-9-25)12-19(28-3)22(20(13)21)29-15-6-7-16(23)17(24)11-15;5-3(6)1-2-4(7)8/h6-8,10-12,14,27H,4-5,9,25H2,1-3H3;1-2H2,(H,5,6)(H,7,8). The highest BCUT2D eigenvalue weighted by molar-refractivity contribution is 6.42. The number of ether oxygens (including phenoxy) is 2. The molecule has 5 N–H and O–H groups in total. The number of methoxy groups -OCH3 is 1. The Kier molecular flexibility index (Phi) is 11.7. The van der Waals surface area contributed by atoms with Crippen molar-refractivity contribution in [3.63, 3.8) is 0 Å². The number of aliphatic carboxylic acids is 2. The van der Waals surface area contributed by atoms with Crippen LogP contribution in [0, 0.1) is 6.92 Å². The number of carboxylic acids is 2. The van der Waals surface area contributed by atoms with Crippen molar-refractivity contribution < 1.29 is 29.3 Å². The molecule has 0 radical (unpaired) electrons. The first-order chi connectivity index (χ1) is 17.6. The number of pyridine rings is 1. The van der Waals surface area contributed by atoms with Crippen molar-refractivity contribution in [3.8, 4) is 17.2 Å². The van der Waals surface area contributed by atoms with Crippen LogP contribution in [0.25, 0.3) is 10.9 Å². The minimum atomic E-state index is -1.08. The summed E-state index contributed by atoms with van der Waals surface area (Å²) in [5.41, 5.74) is 8.39. The van der Waals surface area contributed by atoms with Gasteiger partial charge in [0, 0.05) is 24.4 Å². The summed E-state index contributed by atoms with van der Waals surface area (Å²) in [5.74, 6) is -0.390. The van der Waals surface area contributed by atoms with Gasteiger partial charge in [-0.25, -0.2) is 0 Å². The number of benzene rings is 2. The van der Waals surface area contributed by atoms with Crippen molar-refractivity contribution >= 4 is 51.7 Å². The first kappa shape index (κ1) is 30.0. The topological polar surface area (TPSA) is 144 Å². The normalized spacial score (nSPS) is 11.3. The molecule has 0 saturated carbocycles. The Bertz CT molecular complexity index is 1220. The van der Waals surface area contributed by atoms with E-state index in [-0.39, 0.29) is 18.9 Å². The molecule has 1 unspecified atom stereocenters. The lowest BCUT2D eigenvalue weighted by atomic mass is 10.1. The van der Waals surface area contributed by atoms with Crippen LogP contribution >= 0.6 is 23.2 Å². The summed E-state index contributed by atoms with van der Waals surface area (Å²) in [6, 6.07) is 9.27. The summed E-state index contributed by atoms with van der Waals surface area (Å²) in [6.45, 7) is 4.82.